The van der Waals surface area contributed by atoms with E-state index in [2.05, 4.69) is 38.2 Å². The standard InChI is InChI=1S/C15H18OS/c1-15(2,12-6-4-3-5-7-12)17-14-10-8-13(16)9-11-14/h3-6,8-12,16H,7H2,1-2H3. The molecule has 0 aliphatic heterocycles. The minimum atomic E-state index is 0.165. The lowest BCUT2D eigenvalue weighted by Crippen LogP contribution is -2.26. The van der Waals surface area contributed by atoms with Crippen molar-refractivity contribution in [3.8, 4) is 5.75 Å². The average Bonchev–Trinajstić information content (AvgIpc) is 2.33. The summed E-state index contributed by atoms with van der Waals surface area (Å²) in [4.78, 5) is 1.20. The van der Waals surface area contributed by atoms with Crippen LogP contribution in [0.5, 0.6) is 5.75 Å². The molecule has 0 aromatic heterocycles. The fraction of sp³-hybridized carbons (Fsp3) is 0.333. The van der Waals surface area contributed by atoms with Crippen LogP contribution in [0.2, 0.25) is 0 Å². The monoisotopic (exact) mass is 246 g/mol. The van der Waals surface area contributed by atoms with Gasteiger partial charge < -0.3 is 5.11 Å². The zero-order chi connectivity index (χ0) is 12.3. The first-order valence-corrected chi connectivity index (χ1v) is 6.71. The summed E-state index contributed by atoms with van der Waals surface area (Å²) in [6.07, 6.45) is 9.86. The Labute approximate surface area is 107 Å². The molecule has 0 bridgehead atoms. The Balaban J connectivity index is 2.08. The Hall–Kier alpha value is -1.15. The molecule has 1 N–H and O–H groups in total. The lowest BCUT2D eigenvalue weighted by molar-refractivity contribution is 0.474. The van der Waals surface area contributed by atoms with Gasteiger partial charge in [0.25, 0.3) is 0 Å². The van der Waals surface area contributed by atoms with E-state index >= 15 is 0 Å². The molecular formula is C15H18OS. The quantitative estimate of drug-likeness (QED) is 0.798. The molecule has 0 heterocycles. The maximum absolute atomic E-state index is 9.27. The molecule has 1 aliphatic rings. The number of allylic oxidation sites excluding steroid dienone is 4. The van der Waals surface area contributed by atoms with E-state index in [1.54, 1.807) is 12.1 Å². The first-order valence-electron chi connectivity index (χ1n) is 5.89. The fourth-order valence-electron chi connectivity index (χ4n) is 1.99. The third-order valence-corrected chi connectivity index (χ3v) is 4.43. The van der Waals surface area contributed by atoms with Crippen molar-refractivity contribution < 1.29 is 5.11 Å². The normalized spacial score (nSPS) is 19.5. The van der Waals surface area contributed by atoms with Gasteiger partial charge in [0, 0.05) is 9.64 Å². The largest absolute Gasteiger partial charge is 0.508 e. The van der Waals surface area contributed by atoms with Crippen LogP contribution in [-0.2, 0) is 0 Å². The second-order valence-corrected chi connectivity index (χ2v) is 6.58. The van der Waals surface area contributed by atoms with Gasteiger partial charge in [-0.2, -0.15) is 0 Å². The van der Waals surface area contributed by atoms with Gasteiger partial charge in [-0.3, -0.25) is 0 Å². The van der Waals surface area contributed by atoms with Gasteiger partial charge in [-0.15, -0.1) is 11.8 Å². The Kier molecular flexibility index (Phi) is 3.63. The van der Waals surface area contributed by atoms with Crippen LogP contribution in [0.25, 0.3) is 0 Å². The van der Waals surface area contributed by atoms with Gasteiger partial charge in [0.1, 0.15) is 5.75 Å². The average molecular weight is 246 g/mol. The fourth-order valence-corrected chi connectivity index (χ4v) is 3.20. The second-order valence-electron chi connectivity index (χ2n) is 4.85. The summed E-state index contributed by atoms with van der Waals surface area (Å²) in [6, 6.07) is 7.44. The lowest BCUT2D eigenvalue weighted by Gasteiger charge is -2.32. The van der Waals surface area contributed by atoms with Crippen molar-refractivity contribution in [3.05, 3.63) is 48.6 Å². The van der Waals surface area contributed by atoms with Crippen LogP contribution in [0.1, 0.15) is 20.3 Å². The SMILES string of the molecule is CC(C)(Sc1ccc(O)cc1)C1C=CC=CC1. The van der Waals surface area contributed by atoms with E-state index in [0.717, 1.165) is 6.42 Å². The topological polar surface area (TPSA) is 20.2 Å². The van der Waals surface area contributed by atoms with Crippen molar-refractivity contribution in [2.75, 3.05) is 0 Å². The summed E-state index contributed by atoms with van der Waals surface area (Å²) >= 11 is 1.86. The molecular weight excluding hydrogens is 228 g/mol. The molecule has 0 radical (unpaired) electrons. The maximum Gasteiger partial charge on any atom is 0.115 e. The van der Waals surface area contributed by atoms with Crippen LogP contribution in [0.3, 0.4) is 0 Å². The van der Waals surface area contributed by atoms with E-state index in [1.807, 2.05) is 23.9 Å². The van der Waals surface area contributed by atoms with Crippen LogP contribution in [0.15, 0.2) is 53.5 Å². The van der Waals surface area contributed by atoms with Gasteiger partial charge in [0.05, 0.1) is 0 Å². The molecule has 1 atom stereocenters. The van der Waals surface area contributed by atoms with Gasteiger partial charge in [-0.25, -0.2) is 0 Å². The highest BCUT2D eigenvalue weighted by molar-refractivity contribution is 8.00. The number of hydrogen-bond acceptors (Lipinski definition) is 2. The zero-order valence-corrected chi connectivity index (χ0v) is 11.1. The molecule has 17 heavy (non-hydrogen) atoms. The molecule has 1 aromatic rings. The van der Waals surface area contributed by atoms with Gasteiger partial charge in [-0.05, 0) is 50.5 Å². The molecule has 1 aromatic carbocycles. The predicted molar refractivity (Wildman–Crippen MR) is 74.4 cm³/mol. The van der Waals surface area contributed by atoms with Crippen LogP contribution in [0, 0.1) is 5.92 Å². The molecule has 0 spiro atoms. The Bertz CT molecular complexity index is 429. The van der Waals surface area contributed by atoms with E-state index in [0.29, 0.717) is 11.7 Å². The minimum absolute atomic E-state index is 0.165. The molecule has 0 amide bonds. The number of aromatic hydroxyl groups is 1. The molecule has 0 fully saturated rings. The number of hydrogen-bond donors (Lipinski definition) is 1. The van der Waals surface area contributed by atoms with Crippen LogP contribution in [-0.4, -0.2) is 9.85 Å². The van der Waals surface area contributed by atoms with Crippen molar-refractivity contribution in [2.45, 2.75) is 29.9 Å². The van der Waals surface area contributed by atoms with E-state index in [-0.39, 0.29) is 4.75 Å². The number of phenolic OH excluding ortho intramolecular Hbond substituents is 1. The smallest absolute Gasteiger partial charge is 0.115 e. The molecule has 1 aliphatic carbocycles. The first kappa shape index (κ1) is 12.3. The highest BCUT2D eigenvalue weighted by atomic mass is 32.2. The van der Waals surface area contributed by atoms with E-state index in [9.17, 15) is 5.11 Å². The second kappa shape index (κ2) is 5.01. The summed E-state index contributed by atoms with van der Waals surface area (Å²) in [5.41, 5.74) is 0. The van der Waals surface area contributed by atoms with Crippen LogP contribution < -0.4 is 0 Å². The summed E-state index contributed by atoms with van der Waals surface area (Å²) in [7, 11) is 0. The Morgan fingerprint density at radius 3 is 2.47 bits per heavy atom. The van der Waals surface area contributed by atoms with Crippen molar-refractivity contribution in [1.29, 1.82) is 0 Å². The molecule has 1 nitrogen and oxygen atoms in total. The van der Waals surface area contributed by atoms with Crippen molar-refractivity contribution in [3.63, 3.8) is 0 Å². The molecule has 0 saturated carbocycles. The lowest BCUT2D eigenvalue weighted by atomic mass is 9.89. The summed E-state index contributed by atoms with van der Waals surface area (Å²) in [5, 5.41) is 9.27. The van der Waals surface area contributed by atoms with Crippen molar-refractivity contribution in [2.24, 2.45) is 5.92 Å². The van der Waals surface area contributed by atoms with Crippen LogP contribution in [0.4, 0.5) is 0 Å². The van der Waals surface area contributed by atoms with Crippen molar-refractivity contribution >= 4 is 11.8 Å². The Morgan fingerprint density at radius 2 is 1.88 bits per heavy atom. The summed E-state index contributed by atoms with van der Waals surface area (Å²) in [6.45, 7) is 4.55. The molecule has 90 valence electrons. The van der Waals surface area contributed by atoms with Gasteiger partial charge >= 0.3 is 0 Å². The van der Waals surface area contributed by atoms with E-state index < -0.39 is 0 Å². The maximum atomic E-state index is 9.27. The highest BCUT2D eigenvalue weighted by Crippen LogP contribution is 2.41. The van der Waals surface area contributed by atoms with Gasteiger partial charge in [0.2, 0.25) is 0 Å². The molecule has 2 heteroatoms. The number of rotatable bonds is 3. The summed E-state index contributed by atoms with van der Waals surface area (Å²) in [5.74, 6) is 0.888. The van der Waals surface area contributed by atoms with Gasteiger partial charge in [0.15, 0.2) is 0 Å². The van der Waals surface area contributed by atoms with E-state index in [4.69, 9.17) is 0 Å². The third-order valence-electron chi connectivity index (χ3n) is 3.09. The molecule has 1 unspecified atom stereocenters. The number of benzene rings is 1. The third kappa shape index (κ3) is 3.16. The van der Waals surface area contributed by atoms with Gasteiger partial charge in [-0.1, -0.05) is 24.3 Å². The predicted octanol–water partition coefficient (Wildman–Crippen LogP) is 4.40. The number of thioether (sulfide) groups is 1. The molecule has 2 rings (SSSR count). The highest BCUT2D eigenvalue weighted by Gasteiger charge is 2.28. The first-order chi connectivity index (χ1) is 8.08. The Morgan fingerprint density at radius 1 is 1.18 bits per heavy atom. The van der Waals surface area contributed by atoms with E-state index in [1.165, 1.54) is 4.90 Å². The minimum Gasteiger partial charge on any atom is -0.508 e. The zero-order valence-electron chi connectivity index (χ0n) is 10.3. The summed E-state index contributed by atoms with van der Waals surface area (Å²) < 4.78 is 0.165. The van der Waals surface area contributed by atoms with Crippen LogP contribution >= 0.6 is 11.8 Å². The number of phenols is 1. The molecule has 0 saturated heterocycles. The van der Waals surface area contributed by atoms with Crippen molar-refractivity contribution in [1.82, 2.24) is 0 Å².